The van der Waals surface area contributed by atoms with Gasteiger partial charge in [-0.1, -0.05) is 24.6 Å². The number of sulfone groups is 1. The number of carbonyl (C=O) groups excluding carboxylic acids is 1. The second kappa shape index (κ2) is 6.72. The average Bonchev–Trinajstić information content (AvgIpc) is 2.34. The van der Waals surface area contributed by atoms with Crippen molar-refractivity contribution in [3.05, 3.63) is 29.0 Å². The zero-order valence-corrected chi connectivity index (χ0v) is 11.8. The summed E-state index contributed by atoms with van der Waals surface area (Å²) in [6.07, 6.45) is 0. The van der Waals surface area contributed by atoms with Gasteiger partial charge in [0.2, 0.25) is 0 Å². The van der Waals surface area contributed by atoms with Gasteiger partial charge in [0.25, 0.3) is 0 Å². The predicted molar refractivity (Wildman–Crippen MR) is 72.8 cm³/mol. The van der Waals surface area contributed by atoms with Gasteiger partial charge in [-0.2, -0.15) is 0 Å². The molecule has 0 spiro atoms. The molecular formula is C11H14ClFN2O3S. The molecule has 0 saturated heterocycles. The van der Waals surface area contributed by atoms with Crippen LogP contribution in [0, 0.1) is 5.82 Å². The minimum atomic E-state index is -3.15. The number of carbonyl (C=O) groups is 1. The predicted octanol–water partition coefficient (Wildman–Crippen LogP) is 2.04. The molecule has 2 amide bonds. The van der Waals surface area contributed by atoms with E-state index in [0.717, 1.165) is 6.07 Å². The molecule has 0 heterocycles. The van der Waals surface area contributed by atoms with Crippen LogP contribution in [0.2, 0.25) is 5.02 Å². The second-order valence-corrected chi connectivity index (χ2v) is 6.59. The number of hydrogen-bond donors (Lipinski definition) is 2. The summed E-state index contributed by atoms with van der Waals surface area (Å²) in [4.78, 5) is 11.4. The number of anilines is 1. The molecule has 0 saturated carbocycles. The summed E-state index contributed by atoms with van der Waals surface area (Å²) in [6.45, 7) is 1.47. The largest absolute Gasteiger partial charge is 0.337 e. The number of para-hydroxylation sites is 1. The Balaban J connectivity index is 2.53. The quantitative estimate of drug-likeness (QED) is 0.874. The Kier molecular flexibility index (Phi) is 5.56. The summed E-state index contributed by atoms with van der Waals surface area (Å²) in [7, 11) is -3.15. The first-order valence-electron chi connectivity index (χ1n) is 5.55. The van der Waals surface area contributed by atoms with Crippen molar-refractivity contribution < 1.29 is 17.6 Å². The number of urea groups is 1. The summed E-state index contributed by atoms with van der Waals surface area (Å²) >= 11 is 5.72. The lowest BCUT2D eigenvalue weighted by Crippen LogP contribution is -2.33. The number of nitrogens with one attached hydrogen (secondary N) is 2. The Bertz CT molecular complexity index is 543. The Hall–Kier alpha value is -1.34. The Morgan fingerprint density at radius 3 is 2.68 bits per heavy atom. The van der Waals surface area contributed by atoms with Crippen molar-refractivity contribution >= 4 is 33.2 Å². The van der Waals surface area contributed by atoms with Crippen LogP contribution in [0.15, 0.2) is 18.2 Å². The summed E-state index contributed by atoms with van der Waals surface area (Å²) < 4.78 is 35.7. The van der Waals surface area contributed by atoms with E-state index >= 15 is 0 Å². The zero-order chi connectivity index (χ0) is 14.5. The fourth-order valence-electron chi connectivity index (χ4n) is 1.24. The number of benzene rings is 1. The normalized spacial score (nSPS) is 11.1. The average molecular weight is 309 g/mol. The molecule has 0 aromatic heterocycles. The van der Waals surface area contributed by atoms with Gasteiger partial charge in [-0.25, -0.2) is 17.6 Å². The van der Waals surface area contributed by atoms with Crippen LogP contribution in [0.1, 0.15) is 6.92 Å². The van der Waals surface area contributed by atoms with E-state index < -0.39 is 21.7 Å². The third-order valence-corrected chi connectivity index (χ3v) is 4.36. The summed E-state index contributed by atoms with van der Waals surface area (Å²) in [6, 6.07) is 3.29. The van der Waals surface area contributed by atoms with Crippen LogP contribution >= 0.6 is 11.6 Å². The lowest BCUT2D eigenvalue weighted by atomic mass is 10.3. The molecule has 1 aromatic rings. The molecule has 1 rings (SSSR count). The molecule has 0 aliphatic heterocycles. The SMILES string of the molecule is CCS(=O)(=O)CCNC(=O)Nc1c(F)cccc1Cl. The van der Waals surface area contributed by atoms with Crippen LogP contribution < -0.4 is 10.6 Å². The van der Waals surface area contributed by atoms with Crippen LogP contribution in [0.4, 0.5) is 14.9 Å². The lowest BCUT2D eigenvalue weighted by molar-refractivity contribution is 0.252. The lowest BCUT2D eigenvalue weighted by Gasteiger charge is -2.09. The van der Waals surface area contributed by atoms with Gasteiger partial charge in [0.15, 0.2) is 9.84 Å². The molecule has 106 valence electrons. The van der Waals surface area contributed by atoms with E-state index in [1.54, 1.807) is 0 Å². The third kappa shape index (κ3) is 5.04. The van der Waals surface area contributed by atoms with Gasteiger partial charge in [0.1, 0.15) is 5.82 Å². The second-order valence-electron chi connectivity index (χ2n) is 3.71. The van der Waals surface area contributed by atoms with Crippen LogP contribution in [0.25, 0.3) is 0 Å². The van der Waals surface area contributed by atoms with Gasteiger partial charge >= 0.3 is 6.03 Å². The van der Waals surface area contributed by atoms with E-state index in [1.165, 1.54) is 19.1 Å². The molecule has 0 unspecified atom stereocenters. The van der Waals surface area contributed by atoms with E-state index in [0.29, 0.717) is 0 Å². The molecule has 0 aliphatic rings. The maximum atomic E-state index is 13.4. The van der Waals surface area contributed by atoms with Gasteiger partial charge in [-0.05, 0) is 12.1 Å². The molecule has 2 N–H and O–H groups in total. The fraction of sp³-hybridized carbons (Fsp3) is 0.364. The molecule has 0 bridgehead atoms. The minimum absolute atomic E-state index is 0.00937. The molecule has 0 aliphatic carbocycles. The van der Waals surface area contributed by atoms with Crippen molar-refractivity contribution in [2.24, 2.45) is 0 Å². The molecule has 0 radical (unpaired) electrons. The molecule has 1 aromatic carbocycles. The van der Waals surface area contributed by atoms with Crippen molar-refractivity contribution in [1.29, 1.82) is 0 Å². The highest BCUT2D eigenvalue weighted by Crippen LogP contribution is 2.24. The van der Waals surface area contributed by atoms with Crippen molar-refractivity contribution in [1.82, 2.24) is 5.32 Å². The van der Waals surface area contributed by atoms with E-state index in [4.69, 9.17) is 11.6 Å². The Morgan fingerprint density at radius 2 is 2.11 bits per heavy atom. The van der Waals surface area contributed by atoms with Gasteiger partial charge in [-0.15, -0.1) is 0 Å². The number of halogens is 2. The first kappa shape index (κ1) is 15.7. The zero-order valence-electron chi connectivity index (χ0n) is 10.2. The third-order valence-electron chi connectivity index (χ3n) is 2.34. The smallest absolute Gasteiger partial charge is 0.319 e. The van der Waals surface area contributed by atoms with Crippen molar-refractivity contribution in [2.75, 3.05) is 23.4 Å². The van der Waals surface area contributed by atoms with Crippen molar-refractivity contribution in [2.45, 2.75) is 6.92 Å². The molecule has 8 heteroatoms. The van der Waals surface area contributed by atoms with E-state index in [9.17, 15) is 17.6 Å². The van der Waals surface area contributed by atoms with Crippen LogP contribution in [0.3, 0.4) is 0 Å². The maximum Gasteiger partial charge on any atom is 0.319 e. The van der Waals surface area contributed by atoms with E-state index in [2.05, 4.69) is 10.6 Å². The number of amides is 2. The Morgan fingerprint density at radius 1 is 1.42 bits per heavy atom. The van der Waals surface area contributed by atoms with Crippen LogP contribution in [-0.2, 0) is 9.84 Å². The monoisotopic (exact) mass is 308 g/mol. The van der Waals surface area contributed by atoms with Gasteiger partial charge in [-0.3, -0.25) is 0 Å². The number of hydrogen-bond acceptors (Lipinski definition) is 3. The van der Waals surface area contributed by atoms with Crippen LogP contribution in [-0.4, -0.2) is 32.5 Å². The highest BCUT2D eigenvalue weighted by Gasteiger charge is 2.11. The highest BCUT2D eigenvalue weighted by atomic mass is 35.5. The van der Waals surface area contributed by atoms with E-state index in [1.807, 2.05) is 0 Å². The molecule has 0 atom stereocenters. The van der Waals surface area contributed by atoms with E-state index in [-0.39, 0.29) is 28.8 Å². The summed E-state index contributed by atoms with van der Waals surface area (Å²) in [5, 5.41) is 4.62. The number of rotatable bonds is 5. The van der Waals surface area contributed by atoms with Crippen molar-refractivity contribution in [3.63, 3.8) is 0 Å². The topological polar surface area (TPSA) is 75.3 Å². The first-order chi connectivity index (χ1) is 8.85. The van der Waals surface area contributed by atoms with Crippen molar-refractivity contribution in [3.8, 4) is 0 Å². The van der Waals surface area contributed by atoms with Gasteiger partial charge in [0, 0.05) is 12.3 Å². The standard InChI is InChI=1S/C11H14ClFN2O3S/c1-2-19(17,18)7-6-14-11(16)15-10-8(12)4-3-5-9(10)13/h3-5H,2,6-7H2,1H3,(H2,14,15,16). The molecular weight excluding hydrogens is 295 g/mol. The molecule has 0 fully saturated rings. The van der Waals surface area contributed by atoms with Crippen LogP contribution in [0.5, 0.6) is 0 Å². The van der Waals surface area contributed by atoms with Gasteiger partial charge in [0.05, 0.1) is 16.5 Å². The molecule has 5 nitrogen and oxygen atoms in total. The maximum absolute atomic E-state index is 13.4. The molecule has 19 heavy (non-hydrogen) atoms. The fourth-order valence-corrected chi connectivity index (χ4v) is 2.15. The summed E-state index contributed by atoms with van der Waals surface area (Å²) in [5.74, 6) is -0.819. The minimum Gasteiger partial charge on any atom is -0.337 e. The highest BCUT2D eigenvalue weighted by molar-refractivity contribution is 7.91. The Labute approximate surface area is 116 Å². The first-order valence-corrected chi connectivity index (χ1v) is 7.75. The summed E-state index contributed by atoms with van der Waals surface area (Å²) in [5.41, 5.74) is -0.139. The van der Waals surface area contributed by atoms with Gasteiger partial charge < -0.3 is 10.6 Å².